The fourth-order valence-corrected chi connectivity index (χ4v) is 1.76. The van der Waals surface area contributed by atoms with Crippen molar-refractivity contribution in [3.05, 3.63) is 30.3 Å². The van der Waals surface area contributed by atoms with Gasteiger partial charge >= 0.3 is 0 Å². The van der Waals surface area contributed by atoms with Gasteiger partial charge in [0.25, 0.3) is 0 Å². The molecular formula is C17H26N2O4. The summed E-state index contributed by atoms with van der Waals surface area (Å²) < 4.78 is 10.5. The van der Waals surface area contributed by atoms with Crippen molar-refractivity contribution in [3.8, 4) is 0 Å². The van der Waals surface area contributed by atoms with E-state index in [4.69, 9.17) is 9.47 Å². The average Bonchev–Trinajstić information content (AvgIpc) is 2.55. The van der Waals surface area contributed by atoms with Gasteiger partial charge in [0.2, 0.25) is 11.8 Å². The van der Waals surface area contributed by atoms with Crippen LogP contribution in [0.5, 0.6) is 0 Å². The van der Waals surface area contributed by atoms with E-state index in [2.05, 4.69) is 17.6 Å². The van der Waals surface area contributed by atoms with Gasteiger partial charge in [0.15, 0.2) is 0 Å². The monoisotopic (exact) mass is 322 g/mol. The Morgan fingerprint density at radius 1 is 0.957 bits per heavy atom. The third-order valence-corrected chi connectivity index (χ3v) is 2.95. The second-order valence-electron chi connectivity index (χ2n) is 5.08. The first kappa shape index (κ1) is 19.1. The van der Waals surface area contributed by atoms with E-state index in [1.54, 1.807) is 12.1 Å². The van der Waals surface area contributed by atoms with E-state index in [1.165, 1.54) is 0 Å². The molecule has 0 saturated carbocycles. The Balaban J connectivity index is 1.98. The van der Waals surface area contributed by atoms with Gasteiger partial charge in [0, 0.05) is 25.4 Å². The summed E-state index contributed by atoms with van der Waals surface area (Å²) in [5.41, 5.74) is 0.702. The number of anilines is 1. The molecule has 0 bridgehead atoms. The van der Waals surface area contributed by atoms with Crippen molar-refractivity contribution in [3.63, 3.8) is 0 Å². The molecule has 1 aromatic carbocycles. The average molecular weight is 322 g/mol. The molecule has 2 N–H and O–H groups in total. The third kappa shape index (κ3) is 10.4. The van der Waals surface area contributed by atoms with Crippen LogP contribution >= 0.6 is 0 Å². The molecule has 0 saturated heterocycles. The van der Waals surface area contributed by atoms with Crippen LogP contribution in [0.3, 0.4) is 0 Å². The van der Waals surface area contributed by atoms with Crippen molar-refractivity contribution < 1.29 is 19.1 Å². The molecule has 0 aliphatic heterocycles. The highest BCUT2D eigenvalue weighted by molar-refractivity contribution is 5.91. The van der Waals surface area contributed by atoms with Crippen molar-refractivity contribution >= 4 is 17.5 Å². The van der Waals surface area contributed by atoms with E-state index in [0.717, 1.165) is 25.9 Å². The minimum Gasteiger partial charge on any atom is -0.381 e. The van der Waals surface area contributed by atoms with Gasteiger partial charge in [-0.15, -0.1) is 0 Å². The summed E-state index contributed by atoms with van der Waals surface area (Å²) in [5.74, 6) is -0.514. The second kappa shape index (κ2) is 12.6. The standard InChI is InChI=1S/C17H26N2O4/c1-2-3-11-22-12-7-10-18-16(20)13-23-14-17(21)19-15-8-5-4-6-9-15/h4-6,8-9H,2-3,7,10-14H2,1H3,(H,18,20)(H,19,21). The van der Waals surface area contributed by atoms with Gasteiger partial charge in [-0.25, -0.2) is 0 Å². The zero-order valence-corrected chi connectivity index (χ0v) is 13.7. The van der Waals surface area contributed by atoms with E-state index in [0.29, 0.717) is 18.8 Å². The Kier molecular flexibility index (Phi) is 10.5. The molecule has 0 aliphatic carbocycles. The van der Waals surface area contributed by atoms with Crippen LogP contribution in [-0.4, -0.2) is 44.8 Å². The minimum absolute atomic E-state index is 0.126. The lowest BCUT2D eigenvalue weighted by molar-refractivity contribution is -0.128. The van der Waals surface area contributed by atoms with Crippen molar-refractivity contribution in [1.29, 1.82) is 0 Å². The van der Waals surface area contributed by atoms with Gasteiger partial charge in [-0.1, -0.05) is 31.5 Å². The molecule has 0 spiro atoms. The molecule has 0 radical (unpaired) electrons. The van der Waals surface area contributed by atoms with E-state index in [-0.39, 0.29) is 25.0 Å². The predicted octanol–water partition coefficient (Wildman–Crippen LogP) is 1.96. The Bertz CT molecular complexity index is 451. The summed E-state index contributed by atoms with van der Waals surface area (Å²) in [5, 5.41) is 5.40. The molecule has 2 amide bonds. The highest BCUT2D eigenvalue weighted by atomic mass is 16.5. The summed E-state index contributed by atoms with van der Waals surface area (Å²) in [6.45, 7) is 3.79. The summed E-state index contributed by atoms with van der Waals surface area (Å²) in [7, 11) is 0. The van der Waals surface area contributed by atoms with Crippen LogP contribution in [0.25, 0.3) is 0 Å². The van der Waals surface area contributed by atoms with Gasteiger partial charge in [-0.05, 0) is 25.0 Å². The fraction of sp³-hybridized carbons (Fsp3) is 0.529. The number of nitrogens with one attached hydrogen (secondary N) is 2. The second-order valence-corrected chi connectivity index (χ2v) is 5.08. The Morgan fingerprint density at radius 2 is 1.65 bits per heavy atom. The van der Waals surface area contributed by atoms with Gasteiger partial charge in [0.05, 0.1) is 0 Å². The number of rotatable bonds is 12. The van der Waals surface area contributed by atoms with E-state index < -0.39 is 0 Å². The summed E-state index contributed by atoms with van der Waals surface area (Å²) in [4.78, 5) is 23.1. The molecule has 1 aromatic rings. The quantitative estimate of drug-likeness (QED) is 0.577. The highest BCUT2D eigenvalue weighted by Crippen LogP contribution is 2.04. The number of hydrogen-bond acceptors (Lipinski definition) is 4. The van der Waals surface area contributed by atoms with Crippen LogP contribution in [0.15, 0.2) is 30.3 Å². The molecule has 0 aliphatic rings. The summed E-state index contributed by atoms with van der Waals surface area (Å²) >= 11 is 0. The lowest BCUT2D eigenvalue weighted by Crippen LogP contribution is -2.30. The van der Waals surface area contributed by atoms with Gasteiger partial charge in [-0.3, -0.25) is 9.59 Å². The number of para-hydroxylation sites is 1. The molecule has 0 aromatic heterocycles. The maximum Gasteiger partial charge on any atom is 0.250 e. The number of ether oxygens (including phenoxy) is 2. The largest absolute Gasteiger partial charge is 0.381 e. The first-order chi connectivity index (χ1) is 11.2. The smallest absolute Gasteiger partial charge is 0.250 e. The third-order valence-electron chi connectivity index (χ3n) is 2.95. The number of unbranched alkanes of at least 4 members (excludes halogenated alkanes) is 1. The van der Waals surface area contributed by atoms with Gasteiger partial charge in [-0.2, -0.15) is 0 Å². The molecule has 6 nitrogen and oxygen atoms in total. The lowest BCUT2D eigenvalue weighted by Gasteiger charge is -2.07. The first-order valence-corrected chi connectivity index (χ1v) is 7.99. The Hall–Kier alpha value is -1.92. The maximum absolute atomic E-state index is 11.6. The molecule has 0 heterocycles. The van der Waals surface area contributed by atoms with Crippen LogP contribution < -0.4 is 10.6 Å². The summed E-state index contributed by atoms with van der Waals surface area (Å²) in [6.07, 6.45) is 2.95. The first-order valence-electron chi connectivity index (χ1n) is 7.99. The Labute approximate surface area is 137 Å². The van der Waals surface area contributed by atoms with Gasteiger partial charge in [0.1, 0.15) is 13.2 Å². The molecule has 0 fully saturated rings. The zero-order valence-electron chi connectivity index (χ0n) is 13.7. The van der Waals surface area contributed by atoms with Crippen molar-refractivity contribution in [2.75, 3.05) is 38.3 Å². The maximum atomic E-state index is 11.6. The molecule has 0 atom stereocenters. The normalized spacial score (nSPS) is 10.3. The molecule has 0 unspecified atom stereocenters. The van der Waals surface area contributed by atoms with Crippen molar-refractivity contribution in [1.82, 2.24) is 5.32 Å². The Morgan fingerprint density at radius 3 is 2.39 bits per heavy atom. The van der Waals surface area contributed by atoms with Crippen LogP contribution in [0, 0.1) is 0 Å². The zero-order chi connectivity index (χ0) is 16.8. The number of hydrogen-bond donors (Lipinski definition) is 2. The van der Waals surface area contributed by atoms with Crippen LogP contribution in [-0.2, 0) is 19.1 Å². The van der Waals surface area contributed by atoms with Crippen molar-refractivity contribution in [2.45, 2.75) is 26.2 Å². The van der Waals surface area contributed by atoms with E-state index in [1.807, 2.05) is 18.2 Å². The molecule has 128 valence electrons. The van der Waals surface area contributed by atoms with Crippen LogP contribution in [0.1, 0.15) is 26.2 Å². The molecular weight excluding hydrogens is 296 g/mol. The highest BCUT2D eigenvalue weighted by Gasteiger charge is 2.05. The van der Waals surface area contributed by atoms with Crippen LogP contribution in [0.2, 0.25) is 0 Å². The predicted molar refractivity (Wildman–Crippen MR) is 89.2 cm³/mol. The topological polar surface area (TPSA) is 76.7 Å². The fourth-order valence-electron chi connectivity index (χ4n) is 1.76. The molecule has 1 rings (SSSR count). The number of benzene rings is 1. The van der Waals surface area contributed by atoms with E-state index >= 15 is 0 Å². The minimum atomic E-state index is -0.284. The number of carbonyl (C=O) groups is 2. The summed E-state index contributed by atoms with van der Waals surface area (Å²) in [6, 6.07) is 9.09. The number of amides is 2. The number of carbonyl (C=O) groups excluding carboxylic acids is 2. The molecule has 6 heteroatoms. The van der Waals surface area contributed by atoms with E-state index in [9.17, 15) is 9.59 Å². The SMILES string of the molecule is CCCCOCCCNC(=O)COCC(=O)Nc1ccccc1. The lowest BCUT2D eigenvalue weighted by atomic mass is 10.3. The molecule has 23 heavy (non-hydrogen) atoms. The van der Waals surface area contributed by atoms with Crippen LogP contribution in [0.4, 0.5) is 5.69 Å². The van der Waals surface area contributed by atoms with Gasteiger partial charge < -0.3 is 20.1 Å². The van der Waals surface area contributed by atoms with Crippen molar-refractivity contribution in [2.24, 2.45) is 0 Å².